The van der Waals surface area contributed by atoms with Gasteiger partial charge in [0, 0.05) is 64.8 Å². The van der Waals surface area contributed by atoms with Gasteiger partial charge >= 0.3 is 0 Å². The van der Waals surface area contributed by atoms with Crippen molar-refractivity contribution in [1.29, 1.82) is 0 Å². The maximum Gasteiger partial charge on any atom is 0.253 e. The lowest BCUT2D eigenvalue weighted by atomic mass is 10.1. The van der Waals surface area contributed by atoms with Crippen LogP contribution in [-0.4, -0.2) is 50.0 Å². The predicted octanol–water partition coefficient (Wildman–Crippen LogP) is 6.88. The molecule has 0 radical (unpaired) electrons. The van der Waals surface area contributed by atoms with Gasteiger partial charge < -0.3 is 24.3 Å². The number of hydrogen-bond donors (Lipinski definition) is 1. The zero-order chi connectivity index (χ0) is 28.1. The minimum atomic E-state index is -0.276. The van der Waals surface area contributed by atoms with E-state index >= 15 is 0 Å². The van der Waals surface area contributed by atoms with Gasteiger partial charge in [-0.15, -0.1) is 0 Å². The van der Waals surface area contributed by atoms with Crippen LogP contribution in [0, 0.1) is 0 Å². The molecule has 7 nitrogen and oxygen atoms in total. The van der Waals surface area contributed by atoms with Crippen molar-refractivity contribution < 1.29 is 18.7 Å². The summed E-state index contributed by atoms with van der Waals surface area (Å²) in [6.45, 7) is 2.71. The molecule has 0 saturated carbocycles. The van der Waals surface area contributed by atoms with Crippen molar-refractivity contribution in [2.75, 3.05) is 43.5 Å². The average molecular weight is 576 g/mol. The van der Waals surface area contributed by atoms with Crippen molar-refractivity contribution in [3.05, 3.63) is 106 Å². The Morgan fingerprint density at radius 2 is 1.55 bits per heavy atom. The summed E-state index contributed by atoms with van der Waals surface area (Å²) in [6.07, 6.45) is 3.02. The van der Waals surface area contributed by atoms with E-state index in [4.69, 9.17) is 32.4 Å². The molecule has 0 atom stereocenters. The lowest BCUT2D eigenvalue weighted by molar-refractivity contribution is -0.111. The predicted molar refractivity (Wildman–Crippen MR) is 159 cm³/mol. The third-order valence-corrected chi connectivity index (χ3v) is 7.01. The van der Waals surface area contributed by atoms with E-state index in [2.05, 4.69) is 10.2 Å². The lowest BCUT2D eigenvalue weighted by Gasteiger charge is -2.36. The molecule has 0 spiro atoms. The van der Waals surface area contributed by atoms with Crippen LogP contribution in [0.4, 0.5) is 11.4 Å². The monoisotopic (exact) mass is 575 g/mol. The van der Waals surface area contributed by atoms with E-state index in [-0.39, 0.29) is 11.8 Å². The van der Waals surface area contributed by atoms with Crippen molar-refractivity contribution in [3.8, 4) is 17.1 Å². The number of amides is 2. The molecule has 1 aromatic heterocycles. The van der Waals surface area contributed by atoms with E-state index < -0.39 is 0 Å². The van der Waals surface area contributed by atoms with Crippen LogP contribution >= 0.6 is 23.2 Å². The fourth-order valence-electron chi connectivity index (χ4n) is 4.47. The molecule has 9 heteroatoms. The highest BCUT2D eigenvalue weighted by atomic mass is 35.5. The standard InChI is InChI=1S/C31H27Cl2N3O4/c1-39-27-8-2-21(3-9-27)31(38)36-16-14-35(15-17-36)26-6-4-25(5-7-26)34-30(37)13-11-28-10-12-29(40-28)22-18-23(32)20-24(33)19-22/h2-13,18-20H,14-17H2,1H3,(H,34,37)/b13-11+. The van der Waals surface area contributed by atoms with Gasteiger partial charge in [0.05, 0.1) is 7.11 Å². The number of furan rings is 1. The number of nitrogens with one attached hydrogen (secondary N) is 1. The number of hydrogen-bond acceptors (Lipinski definition) is 5. The van der Waals surface area contributed by atoms with E-state index in [0.717, 1.165) is 30.1 Å². The number of halogens is 2. The van der Waals surface area contributed by atoms with Gasteiger partial charge in [-0.3, -0.25) is 9.59 Å². The van der Waals surface area contributed by atoms with Crippen LogP contribution in [-0.2, 0) is 4.79 Å². The molecule has 40 heavy (non-hydrogen) atoms. The SMILES string of the molecule is COc1ccc(C(=O)N2CCN(c3ccc(NC(=O)/C=C/c4ccc(-c5cc(Cl)cc(Cl)c5)o4)cc3)CC2)cc1. The highest BCUT2D eigenvalue weighted by Gasteiger charge is 2.22. The molecule has 1 aliphatic heterocycles. The minimum Gasteiger partial charge on any atom is -0.497 e. The highest BCUT2D eigenvalue weighted by Crippen LogP contribution is 2.29. The number of carbonyl (C=O) groups excluding carboxylic acids is 2. The number of ether oxygens (including phenoxy) is 1. The quantitative estimate of drug-likeness (QED) is 0.243. The smallest absolute Gasteiger partial charge is 0.253 e. The molecular formula is C31H27Cl2N3O4. The first-order valence-electron chi connectivity index (χ1n) is 12.7. The number of methoxy groups -OCH3 is 1. The average Bonchev–Trinajstić information content (AvgIpc) is 3.45. The topological polar surface area (TPSA) is 75.0 Å². The Bertz CT molecular complexity index is 1500. The number of benzene rings is 3. The molecule has 1 saturated heterocycles. The summed E-state index contributed by atoms with van der Waals surface area (Å²) in [6, 6.07) is 23.6. The summed E-state index contributed by atoms with van der Waals surface area (Å²) < 4.78 is 11.0. The molecule has 1 N–H and O–H groups in total. The van der Waals surface area contributed by atoms with Crippen LogP contribution in [0.1, 0.15) is 16.1 Å². The van der Waals surface area contributed by atoms with Gasteiger partial charge in [-0.25, -0.2) is 0 Å². The van der Waals surface area contributed by atoms with Gasteiger partial charge in [0.1, 0.15) is 17.3 Å². The molecule has 1 fully saturated rings. The lowest BCUT2D eigenvalue weighted by Crippen LogP contribution is -2.48. The Balaban J connectivity index is 1.12. The van der Waals surface area contributed by atoms with Crippen molar-refractivity contribution in [3.63, 3.8) is 0 Å². The van der Waals surface area contributed by atoms with Crippen LogP contribution in [0.5, 0.6) is 5.75 Å². The van der Waals surface area contributed by atoms with Crippen molar-refractivity contribution in [2.24, 2.45) is 0 Å². The third kappa shape index (κ3) is 6.68. The molecule has 5 rings (SSSR count). The van der Waals surface area contributed by atoms with E-state index in [1.54, 1.807) is 67.8 Å². The zero-order valence-corrected chi connectivity index (χ0v) is 23.3. The summed E-state index contributed by atoms with van der Waals surface area (Å²) in [7, 11) is 1.60. The van der Waals surface area contributed by atoms with Crippen LogP contribution in [0.2, 0.25) is 10.0 Å². The molecular weight excluding hydrogens is 549 g/mol. The summed E-state index contributed by atoms with van der Waals surface area (Å²) >= 11 is 12.1. The molecule has 0 aliphatic carbocycles. The molecule has 204 valence electrons. The first-order chi connectivity index (χ1) is 19.4. The molecule has 2 amide bonds. The Morgan fingerprint density at radius 3 is 2.20 bits per heavy atom. The summed E-state index contributed by atoms with van der Waals surface area (Å²) in [4.78, 5) is 29.4. The number of piperazine rings is 1. The molecule has 3 aromatic carbocycles. The Hall–Kier alpha value is -4.20. The second-order valence-corrected chi connectivity index (χ2v) is 10.1. The van der Waals surface area contributed by atoms with E-state index in [1.807, 2.05) is 29.2 Å². The second kappa shape index (κ2) is 12.3. The Kier molecular flexibility index (Phi) is 8.43. The summed E-state index contributed by atoms with van der Waals surface area (Å²) in [5.41, 5.74) is 3.13. The van der Waals surface area contributed by atoms with Crippen molar-refractivity contribution >= 4 is 52.5 Å². The first-order valence-corrected chi connectivity index (χ1v) is 13.5. The maximum absolute atomic E-state index is 12.8. The number of anilines is 2. The molecule has 2 heterocycles. The minimum absolute atomic E-state index is 0.0213. The number of rotatable bonds is 7. The molecule has 1 aliphatic rings. The van der Waals surface area contributed by atoms with E-state index in [1.165, 1.54) is 6.08 Å². The van der Waals surface area contributed by atoms with Crippen LogP contribution in [0.3, 0.4) is 0 Å². The van der Waals surface area contributed by atoms with Crippen LogP contribution in [0.25, 0.3) is 17.4 Å². The van der Waals surface area contributed by atoms with Crippen molar-refractivity contribution in [2.45, 2.75) is 0 Å². The van der Waals surface area contributed by atoms with Crippen LogP contribution < -0.4 is 15.0 Å². The Morgan fingerprint density at radius 1 is 0.875 bits per heavy atom. The van der Waals surface area contributed by atoms with Gasteiger partial charge in [-0.1, -0.05) is 23.2 Å². The van der Waals surface area contributed by atoms with E-state index in [9.17, 15) is 9.59 Å². The van der Waals surface area contributed by atoms with Gasteiger partial charge in [0.2, 0.25) is 5.91 Å². The highest BCUT2D eigenvalue weighted by molar-refractivity contribution is 6.35. The number of carbonyl (C=O) groups is 2. The second-order valence-electron chi connectivity index (χ2n) is 9.24. The van der Waals surface area contributed by atoms with Crippen LogP contribution in [0.15, 0.2) is 89.4 Å². The summed E-state index contributed by atoms with van der Waals surface area (Å²) in [5.74, 6) is 1.60. The molecule has 0 bridgehead atoms. The first kappa shape index (κ1) is 27.4. The van der Waals surface area contributed by atoms with Gasteiger partial charge in [-0.05, 0) is 84.9 Å². The fourth-order valence-corrected chi connectivity index (χ4v) is 5.00. The summed E-state index contributed by atoms with van der Waals surface area (Å²) in [5, 5.41) is 3.90. The van der Waals surface area contributed by atoms with E-state index in [0.29, 0.717) is 45.9 Å². The molecule has 0 unspecified atom stereocenters. The zero-order valence-electron chi connectivity index (χ0n) is 21.8. The normalized spacial score (nSPS) is 13.5. The van der Waals surface area contributed by atoms with Gasteiger partial charge in [-0.2, -0.15) is 0 Å². The number of nitrogens with zero attached hydrogens (tertiary/aromatic N) is 2. The fraction of sp³-hybridized carbons (Fsp3) is 0.161. The molecule has 4 aromatic rings. The largest absolute Gasteiger partial charge is 0.497 e. The van der Waals surface area contributed by atoms with Crippen molar-refractivity contribution in [1.82, 2.24) is 4.90 Å². The third-order valence-electron chi connectivity index (χ3n) is 6.58. The Labute approximate surface area is 242 Å². The maximum atomic E-state index is 12.8. The van der Waals surface area contributed by atoms with Gasteiger partial charge in [0.15, 0.2) is 0 Å². The van der Waals surface area contributed by atoms with Gasteiger partial charge in [0.25, 0.3) is 5.91 Å².